The van der Waals surface area contributed by atoms with Crippen LogP contribution in [0.5, 0.6) is 0 Å². The van der Waals surface area contributed by atoms with E-state index in [1.807, 2.05) is 0 Å². The van der Waals surface area contributed by atoms with Gasteiger partial charge in [-0.1, -0.05) is 0 Å². The van der Waals surface area contributed by atoms with Gasteiger partial charge in [0.05, 0.1) is 5.57 Å². The third kappa shape index (κ3) is 2.14. The van der Waals surface area contributed by atoms with E-state index in [2.05, 4.69) is 0 Å². The van der Waals surface area contributed by atoms with Gasteiger partial charge in [0.15, 0.2) is 0 Å². The molecule has 4 heteroatoms. The van der Waals surface area contributed by atoms with Crippen molar-refractivity contribution in [2.75, 3.05) is 0 Å². The lowest BCUT2D eigenvalue weighted by atomic mass is 10.3. The lowest BCUT2D eigenvalue weighted by molar-refractivity contribution is -0.140. The van der Waals surface area contributed by atoms with E-state index in [9.17, 15) is 4.79 Å². The highest BCUT2D eigenvalue weighted by Gasteiger charge is 2.26. The van der Waals surface area contributed by atoms with Gasteiger partial charge in [-0.05, 0) is 19.8 Å². The van der Waals surface area contributed by atoms with Gasteiger partial charge in [0.1, 0.15) is 11.9 Å². The molecule has 0 aliphatic heterocycles. The molecule has 0 aromatic carbocycles. The van der Waals surface area contributed by atoms with Crippen molar-refractivity contribution in [1.29, 1.82) is 0 Å². The van der Waals surface area contributed by atoms with Crippen molar-refractivity contribution in [1.82, 2.24) is 0 Å². The summed E-state index contributed by atoms with van der Waals surface area (Å²) in [6, 6.07) is 0. The lowest BCUT2D eigenvalue weighted by Crippen LogP contribution is -2.18. The summed E-state index contributed by atoms with van der Waals surface area (Å²) in [7, 11) is 0. The number of hydrogen-bond acceptors (Lipinski definition) is 4. The molecule has 0 radical (unpaired) electrons. The minimum absolute atomic E-state index is 0.0376. The molecular weight excluding hydrogens is 144 g/mol. The van der Waals surface area contributed by atoms with Gasteiger partial charge < -0.3 is 16.2 Å². The zero-order valence-electron chi connectivity index (χ0n) is 6.46. The van der Waals surface area contributed by atoms with Crippen molar-refractivity contribution in [2.24, 2.45) is 11.5 Å². The normalized spacial score (nSPS) is 15.7. The second-order valence-corrected chi connectivity index (χ2v) is 2.69. The van der Waals surface area contributed by atoms with Crippen LogP contribution < -0.4 is 11.5 Å². The standard InChI is InChI=1S/C7H12N2O2/c1-4(6(8)9)7(10)11-5-2-3-5/h5H,2-3,8-9H2,1H3. The van der Waals surface area contributed by atoms with E-state index < -0.39 is 5.97 Å². The Morgan fingerprint density at radius 3 is 2.36 bits per heavy atom. The molecular formula is C7H12N2O2. The van der Waals surface area contributed by atoms with E-state index in [1.165, 1.54) is 0 Å². The highest BCUT2D eigenvalue weighted by Crippen LogP contribution is 2.24. The first-order chi connectivity index (χ1) is 5.11. The maximum Gasteiger partial charge on any atom is 0.337 e. The van der Waals surface area contributed by atoms with Crippen LogP contribution in [0, 0.1) is 0 Å². The molecule has 0 atom stereocenters. The third-order valence-electron chi connectivity index (χ3n) is 1.54. The summed E-state index contributed by atoms with van der Waals surface area (Å²) < 4.78 is 4.93. The SMILES string of the molecule is CC(C(=O)OC1CC1)=C(N)N. The van der Waals surface area contributed by atoms with Crippen LogP contribution in [0.2, 0.25) is 0 Å². The predicted molar refractivity (Wildman–Crippen MR) is 40.2 cm³/mol. The third-order valence-corrected chi connectivity index (χ3v) is 1.54. The number of carbonyl (C=O) groups excluding carboxylic acids is 1. The van der Waals surface area contributed by atoms with E-state index in [0.29, 0.717) is 5.57 Å². The average Bonchev–Trinajstić information content (AvgIpc) is 2.69. The van der Waals surface area contributed by atoms with Gasteiger partial charge in [0.2, 0.25) is 0 Å². The molecule has 0 bridgehead atoms. The second-order valence-electron chi connectivity index (χ2n) is 2.69. The first-order valence-corrected chi connectivity index (χ1v) is 3.54. The van der Waals surface area contributed by atoms with Crippen molar-refractivity contribution in [3.8, 4) is 0 Å². The van der Waals surface area contributed by atoms with Gasteiger partial charge in [-0.25, -0.2) is 4.79 Å². The smallest absolute Gasteiger partial charge is 0.337 e. The zero-order chi connectivity index (χ0) is 8.43. The number of carbonyl (C=O) groups is 1. The summed E-state index contributed by atoms with van der Waals surface area (Å²) >= 11 is 0. The average molecular weight is 156 g/mol. The fourth-order valence-electron chi connectivity index (χ4n) is 0.544. The number of esters is 1. The molecule has 0 aromatic rings. The lowest BCUT2D eigenvalue weighted by Gasteiger charge is -2.02. The van der Waals surface area contributed by atoms with E-state index in [0.717, 1.165) is 12.8 Å². The highest BCUT2D eigenvalue weighted by atomic mass is 16.5. The minimum atomic E-state index is -0.396. The maximum absolute atomic E-state index is 11.0. The molecule has 0 unspecified atom stereocenters. The van der Waals surface area contributed by atoms with Gasteiger partial charge in [-0.15, -0.1) is 0 Å². The fraction of sp³-hybridized carbons (Fsp3) is 0.571. The van der Waals surface area contributed by atoms with Crippen LogP contribution in [0.4, 0.5) is 0 Å². The number of nitrogens with two attached hydrogens (primary N) is 2. The highest BCUT2D eigenvalue weighted by molar-refractivity contribution is 5.88. The summed E-state index contributed by atoms with van der Waals surface area (Å²) in [5.74, 6) is -0.358. The summed E-state index contributed by atoms with van der Waals surface area (Å²) in [5.41, 5.74) is 10.7. The Labute approximate surface area is 65.2 Å². The van der Waals surface area contributed by atoms with Gasteiger partial charge in [-0.3, -0.25) is 0 Å². The topological polar surface area (TPSA) is 78.3 Å². The van der Waals surface area contributed by atoms with Crippen LogP contribution in [0.15, 0.2) is 11.4 Å². The van der Waals surface area contributed by atoms with Crippen LogP contribution in [0.25, 0.3) is 0 Å². The summed E-state index contributed by atoms with van der Waals surface area (Å²) in [5, 5.41) is 0. The van der Waals surface area contributed by atoms with Crippen molar-refractivity contribution in [2.45, 2.75) is 25.9 Å². The quantitative estimate of drug-likeness (QED) is 0.430. The molecule has 62 valence electrons. The van der Waals surface area contributed by atoms with Gasteiger partial charge in [0.25, 0.3) is 0 Å². The van der Waals surface area contributed by atoms with Crippen LogP contribution in [0.1, 0.15) is 19.8 Å². The summed E-state index contributed by atoms with van der Waals surface area (Å²) in [6.07, 6.45) is 2.03. The molecule has 4 N–H and O–H groups in total. The van der Waals surface area contributed by atoms with Crippen molar-refractivity contribution >= 4 is 5.97 Å². The molecule has 1 aliphatic rings. The van der Waals surface area contributed by atoms with Crippen LogP contribution >= 0.6 is 0 Å². The molecule has 11 heavy (non-hydrogen) atoms. The number of rotatable bonds is 2. The van der Waals surface area contributed by atoms with E-state index in [-0.39, 0.29) is 11.9 Å². The predicted octanol–water partition coefficient (Wildman–Crippen LogP) is -0.159. The van der Waals surface area contributed by atoms with E-state index in [4.69, 9.17) is 16.2 Å². The van der Waals surface area contributed by atoms with Crippen LogP contribution in [-0.2, 0) is 9.53 Å². The first-order valence-electron chi connectivity index (χ1n) is 3.54. The fourth-order valence-corrected chi connectivity index (χ4v) is 0.544. The van der Waals surface area contributed by atoms with Gasteiger partial charge >= 0.3 is 5.97 Å². The largest absolute Gasteiger partial charge is 0.459 e. The molecule has 1 fully saturated rings. The molecule has 0 spiro atoms. The van der Waals surface area contributed by atoms with Crippen molar-refractivity contribution < 1.29 is 9.53 Å². The Bertz CT molecular complexity index is 202. The Morgan fingerprint density at radius 1 is 1.45 bits per heavy atom. The zero-order valence-corrected chi connectivity index (χ0v) is 6.46. The van der Waals surface area contributed by atoms with Crippen molar-refractivity contribution in [3.63, 3.8) is 0 Å². The first kappa shape index (κ1) is 7.91. The Balaban J connectivity index is 2.45. The van der Waals surface area contributed by atoms with Crippen LogP contribution in [0.3, 0.4) is 0 Å². The molecule has 1 rings (SSSR count). The molecule has 1 aliphatic carbocycles. The second kappa shape index (κ2) is 2.82. The Hall–Kier alpha value is -1.19. The molecule has 0 saturated heterocycles. The summed E-state index contributed by atoms with van der Waals surface area (Å²) in [6.45, 7) is 1.56. The monoisotopic (exact) mass is 156 g/mol. The molecule has 0 heterocycles. The van der Waals surface area contributed by atoms with Crippen molar-refractivity contribution in [3.05, 3.63) is 11.4 Å². The molecule has 4 nitrogen and oxygen atoms in total. The van der Waals surface area contributed by atoms with Crippen LogP contribution in [-0.4, -0.2) is 12.1 Å². The molecule has 0 aromatic heterocycles. The number of hydrogen-bond donors (Lipinski definition) is 2. The number of ether oxygens (including phenoxy) is 1. The molecule has 0 amide bonds. The van der Waals surface area contributed by atoms with E-state index >= 15 is 0 Å². The summed E-state index contributed by atoms with van der Waals surface area (Å²) in [4.78, 5) is 11.0. The Kier molecular flexibility index (Phi) is 2.03. The van der Waals surface area contributed by atoms with E-state index in [1.54, 1.807) is 6.92 Å². The molecule has 1 saturated carbocycles. The minimum Gasteiger partial charge on any atom is -0.459 e. The van der Waals surface area contributed by atoms with Gasteiger partial charge in [-0.2, -0.15) is 0 Å². The maximum atomic E-state index is 11.0. The van der Waals surface area contributed by atoms with Gasteiger partial charge in [0, 0.05) is 0 Å². The Morgan fingerprint density at radius 2 is 2.00 bits per heavy atom.